The molecule has 0 spiro atoms. The maximum atomic E-state index is 12.6. The number of anilines is 1. The molecule has 2 heterocycles. The molecule has 0 saturated carbocycles. The summed E-state index contributed by atoms with van der Waals surface area (Å²) in [6.07, 6.45) is 0. The Labute approximate surface area is 138 Å². The minimum Gasteiger partial charge on any atom is -0.497 e. The van der Waals surface area contributed by atoms with Crippen LogP contribution in [0.4, 0.5) is 5.69 Å². The van der Waals surface area contributed by atoms with E-state index in [0.29, 0.717) is 0 Å². The van der Waals surface area contributed by atoms with E-state index in [1.54, 1.807) is 17.9 Å². The molecule has 0 bridgehead atoms. The number of aromatic nitrogens is 2. The number of hydrogen-bond donors (Lipinski definition) is 2. The summed E-state index contributed by atoms with van der Waals surface area (Å²) in [6.45, 7) is 1.93. The van der Waals surface area contributed by atoms with Crippen LogP contribution >= 0.6 is 0 Å². The smallest absolute Gasteiger partial charge is 0.270 e. The molecule has 0 radical (unpaired) electrons. The number of nitrogens with one attached hydrogen (secondary N) is 2. The predicted molar refractivity (Wildman–Crippen MR) is 96.8 cm³/mol. The lowest BCUT2D eigenvalue weighted by Crippen LogP contribution is -2.27. The molecule has 0 aliphatic carbocycles. The van der Waals surface area contributed by atoms with Gasteiger partial charge in [-0.05, 0) is 37.3 Å². The lowest BCUT2D eigenvalue weighted by molar-refractivity contribution is 0.415. The highest BCUT2D eigenvalue weighted by atomic mass is 16.5. The molecule has 2 aromatic carbocycles. The number of aromatic amines is 1. The number of aryl methyl sites for hydroxylation is 1. The highest BCUT2D eigenvalue weighted by molar-refractivity contribution is 6.07. The molecule has 0 atom stereocenters. The third kappa shape index (κ3) is 2.22. The predicted octanol–water partition coefficient (Wildman–Crippen LogP) is 3.68. The lowest BCUT2D eigenvalue weighted by Gasteiger charge is -2.13. The first-order chi connectivity index (χ1) is 11.7. The van der Waals surface area contributed by atoms with Crippen LogP contribution in [0.5, 0.6) is 5.75 Å². The fourth-order valence-corrected chi connectivity index (χ4v) is 3.00. The summed E-state index contributed by atoms with van der Waals surface area (Å²) in [4.78, 5) is 16.0. The fraction of sp³-hybridized carbons (Fsp3) is 0.105. The number of benzene rings is 2. The highest BCUT2D eigenvalue weighted by Crippen LogP contribution is 2.26. The standard InChI is InChI=1S/C19H17N3O2/c1-12-19-16(15-5-3-4-6-17(15)20-19)11-18(23)22(12)21-13-7-9-14(24-2)10-8-13/h3-11,20-21H,1-2H3. The third-order valence-electron chi connectivity index (χ3n) is 4.26. The average Bonchev–Trinajstić information content (AvgIpc) is 2.98. The maximum absolute atomic E-state index is 12.6. The Kier molecular flexibility index (Phi) is 3.27. The van der Waals surface area contributed by atoms with Crippen LogP contribution < -0.4 is 15.7 Å². The number of fused-ring (bicyclic) bond motifs is 3. The summed E-state index contributed by atoms with van der Waals surface area (Å²) in [5.41, 5.74) is 6.69. The molecule has 0 saturated heterocycles. The Morgan fingerprint density at radius 3 is 2.54 bits per heavy atom. The summed E-state index contributed by atoms with van der Waals surface area (Å²) < 4.78 is 6.71. The third-order valence-corrected chi connectivity index (χ3v) is 4.26. The van der Waals surface area contributed by atoms with Crippen LogP contribution in [0.15, 0.2) is 59.4 Å². The molecule has 120 valence electrons. The van der Waals surface area contributed by atoms with Gasteiger partial charge in [0.05, 0.1) is 24.0 Å². The van der Waals surface area contributed by atoms with E-state index in [1.807, 2.05) is 55.5 Å². The minimum absolute atomic E-state index is 0.0967. The van der Waals surface area contributed by atoms with E-state index < -0.39 is 0 Å². The van der Waals surface area contributed by atoms with Crippen LogP contribution in [-0.2, 0) is 0 Å². The number of methoxy groups -OCH3 is 1. The number of hydrogen-bond acceptors (Lipinski definition) is 3. The Morgan fingerprint density at radius 2 is 1.79 bits per heavy atom. The Hall–Kier alpha value is -3.21. The van der Waals surface area contributed by atoms with E-state index in [1.165, 1.54) is 0 Å². The molecular weight excluding hydrogens is 302 g/mol. The van der Waals surface area contributed by atoms with Crippen molar-refractivity contribution in [2.45, 2.75) is 6.92 Å². The van der Waals surface area contributed by atoms with E-state index in [-0.39, 0.29) is 5.56 Å². The molecule has 4 aromatic rings. The first-order valence-corrected chi connectivity index (χ1v) is 7.71. The van der Waals surface area contributed by atoms with Gasteiger partial charge >= 0.3 is 0 Å². The van der Waals surface area contributed by atoms with Crippen LogP contribution in [0.3, 0.4) is 0 Å². The zero-order chi connectivity index (χ0) is 16.7. The number of pyridine rings is 1. The number of para-hydroxylation sites is 1. The molecule has 24 heavy (non-hydrogen) atoms. The fourth-order valence-electron chi connectivity index (χ4n) is 3.00. The summed E-state index contributed by atoms with van der Waals surface area (Å²) in [5, 5.41) is 2.00. The first kappa shape index (κ1) is 14.4. The first-order valence-electron chi connectivity index (χ1n) is 7.71. The zero-order valence-corrected chi connectivity index (χ0v) is 13.5. The van der Waals surface area contributed by atoms with Gasteiger partial charge in [0.25, 0.3) is 5.56 Å². The number of nitrogens with zero attached hydrogens (tertiary/aromatic N) is 1. The lowest BCUT2D eigenvalue weighted by atomic mass is 10.1. The van der Waals surface area contributed by atoms with Crippen molar-refractivity contribution < 1.29 is 4.74 Å². The van der Waals surface area contributed by atoms with Crippen molar-refractivity contribution in [1.29, 1.82) is 0 Å². The van der Waals surface area contributed by atoms with Crippen molar-refractivity contribution >= 4 is 27.5 Å². The van der Waals surface area contributed by atoms with Crippen LogP contribution in [-0.4, -0.2) is 16.8 Å². The van der Waals surface area contributed by atoms with Crippen LogP contribution in [0.1, 0.15) is 5.69 Å². The summed E-state index contributed by atoms with van der Waals surface area (Å²) >= 11 is 0. The normalized spacial score (nSPS) is 11.1. The molecular formula is C19H17N3O2. The van der Waals surface area contributed by atoms with Crippen molar-refractivity contribution in [2.75, 3.05) is 12.5 Å². The second-order valence-corrected chi connectivity index (χ2v) is 5.70. The van der Waals surface area contributed by atoms with Gasteiger partial charge in [0.15, 0.2) is 0 Å². The van der Waals surface area contributed by atoms with Gasteiger partial charge in [0, 0.05) is 22.4 Å². The highest BCUT2D eigenvalue weighted by Gasteiger charge is 2.11. The summed E-state index contributed by atoms with van der Waals surface area (Å²) in [6, 6.07) is 17.1. The van der Waals surface area contributed by atoms with Crippen molar-refractivity contribution in [1.82, 2.24) is 9.66 Å². The van der Waals surface area contributed by atoms with Gasteiger partial charge in [-0.25, -0.2) is 4.68 Å². The van der Waals surface area contributed by atoms with E-state index in [4.69, 9.17) is 4.74 Å². The molecule has 0 aliphatic heterocycles. The molecule has 0 fully saturated rings. The van der Waals surface area contributed by atoms with Crippen molar-refractivity contribution in [3.63, 3.8) is 0 Å². The van der Waals surface area contributed by atoms with Gasteiger partial charge in [-0.2, -0.15) is 0 Å². The zero-order valence-electron chi connectivity index (χ0n) is 13.5. The number of ether oxygens (including phenoxy) is 1. The van der Waals surface area contributed by atoms with E-state index >= 15 is 0 Å². The minimum atomic E-state index is -0.0967. The van der Waals surface area contributed by atoms with Gasteiger partial charge < -0.3 is 9.72 Å². The second-order valence-electron chi connectivity index (χ2n) is 5.70. The quantitative estimate of drug-likeness (QED) is 0.605. The Balaban J connectivity index is 1.85. The summed E-state index contributed by atoms with van der Waals surface area (Å²) in [7, 11) is 1.63. The van der Waals surface area contributed by atoms with Crippen LogP contribution in [0, 0.1) is 6.92 Å². The monoisotopic (exact) mass is 319 g/mol. The van der Waals surface area contributed by atoms with Crippen molar-refractivity contribution in [3.8, 4) is 5.75 Å². The van der Waals surface area contributed by atoms with E-state index in [9.17, 15) is 4.79 Å². The largest absolute Gasteiger partial charge is 0.497 e. The van der Waals surface area contributed by atoms with Crippen molar-refractivity contribution in [3.05, 3.63) is 70.6 Å². The van der Waals surface area contributed by atoms with Gasteiger partial charge in [-0.1, -0.05) is 18.2 Å². The van der Waals surface area contributed by atoms with E-state index in [2.05, 4.69) is 10.4 Å². The number of rotatable bonds is 3. The van der Waals surface area contributed by atoms with Gasteiger partial charge in [0.1, 0.15) is 5.75 Å². The molecule has 4 rings (SSSR count). The molecule has 5 nitrogen and oxygen atoms in total. The van der Waals surface area contributed by atoms with Gasteiger partial charge in [-0.3, -0.25) is 10.2 Å². The second kappa shape index (κ2) is 5.45. The maximum Gasteiger partial charge on any atom is 0.270 e. The van der Waals surface area contributed by atoms with E-state index in [0.717, 1.165) is 38.9 Å². The van der Waals surface area contributed by atoms with Crippen LogP contribution in [0.2, 0.25) is 0 Å². The van der Waals surface area contributed by atoms with Gasteiger partial charge in [0.2, 0.25) is 0 Å². The Morgan fingerprint density at radius 1 is 1.04 bits per heavy atom. The summed E-state index contributed by atoms with van der Waals surface area (Å²) in [5.74, 6) is 0.774. The number of H-pyrrole nitrogens is 1. The Bertz CT molecular complexity index is 1090. The molecule has 0 unspecified atom stereocenters. The van der Waals surface area contributed by atoms with Gasteiger partial charge in [-0.15, -0.1) is 0 Å². The molecule has 2 aromatic heterocycles. The van der Waals surface area contributed by atoms with Crippen molar-refractivity contribution in [2.24, 2.45) is 0 Å². The molecule has 0 aliphatic rings. The average molecular weight is 319 g/mol. The molecule has 2 N–H and O–H groups in total. The SMILES string of the molecule is COc1ccc(Nn2c(C)c3[nH]c4ccccc4c3cc2=O)cc1. The topological polar surface area (TPSA) is 59.0 Å². The molecule has 0 amide bonds. The molecule has 5 heteroatoms. The van der Waals surface area contributed by atoms with Crippen LogP contribution in [0.25, 0.3) is 21.8 Å².